The fraction of sp³-hybridized carbons (Fsp3) is 1.00. The third kappa shape index (κ3) is 37.1. The maximum absolute atomic E-state index is 9.56. The van der Waals surface area contributed by atoms with E-state index < -0.39 is 11.2 Å². The largest absolute Gasteiger partial charge is 0.617 e. The summed E-state index contributed by atoms with van der Waals surface area (Å²) in [6.45, 7) is 0.426. The first-order chi connectivity index (χ1) is 5.15. The van der Waals surface area contributed by atoms with Gasteiger partial charge in [-0.3, -0.25) is 0 Å². The highest BCUT2D eigenvalue weighted by Crippen LogP contribution is 1.94. The van der Waals surface area contributed by atoms with Crippen molar-refractivity contribution >= 4 is 22.9 Å². The summed E-state index contributed by atoms with van der Waals surface area (Å²) in [5, 5.41) is 16.4. The minimum atomic E-state index is -0.611. The van der Waals surface area contributed by atoms with E-state index in [0.717, 1.165) is 11.5 Å². The summed E-state index contributed by atoms with van der Waals surface area (Å²) < 4.78 is 9.56. The van der Waals surface area contributed by atoms with E-state index in [2.05, 4.69) is 0 Å². The van der Waals surface area contributed by atoms with E-state index in [-0.39, 0.29) is 13.2 Å². The first kappa shape index (κ1) is 14.1. The molecule has 0 heterocycles. The summed E-state index contributed by atoms with van der Waals surface area (Å²) in [5.41, 5.74) is 0. The molecule has 70 valence electrons. The molecule has 0 atom stereocenters. The van der Waals surface area contributed by atoms with Crippen LogP contribution in [-0.4, -0.2) is 52.0 Å². The van der Waals surface area contributed by atoms with Gasteiger partial charge < -0.3 is 14.8 Å². The second-order valence-electron chi connectivity index (χ2n) is 1.80. The van der Waals surface area contributed by atoms with E-state index in [4.69, 9.17) is 10.2 Å². The van der Waals surface area contributed by atoms with Gasteiger partial charge in [0, 0.05) is 11.5 Å². The van der Waals surface area contributed by atoms with Gasteiger partial charge in [-0.05, 0) is 0 Å². The van der Waals surface area contributed by atoms with Gasteiger partial charge in [0.1, 0.15) is 0 Å². The Bertz CT molecular complexity index is 55.0. The van der Waals surface area contributed by atoms with Crippen LogP contribution in [0.25, 0.3) is 0 Å². The molecule has 0 spiro atoms. The number of thioether (sulfide) groups is 1. The maximum Gasteiger partial charge on any atom is 0.0946 e. The van der Waals surface area contributed by atoms with Gasteiger partial charge in [0.25, 0.3) is 0 Å². The van der Waals surface area contributed by atoms with Crippen molar-refractivity contribution in [1.82, 2.24) is 0 Å². The van der Waals surface area contributed by atoms with Crippen LogP contribution in [0.4, 0.5) is 0 Å². The standard InChI is InChI=1S/C4H10O2S.C2H6OS/c5-1-3-7-4-2-6;1-4(2)3/h5-6H,1-4H2;1-2H3. The molecule has 3 nitrogen and oxygen atoms in total. The average molecular weight is 200 g/mol. The average Bonchev–Trinajstić information content (AvgIpc) is 1.88. The van der Waals surface area contributed by atoms with E-state index in [0.29, 0.717) is 0 Å². The van der Waals surface area contributed by atoms with Gasteiger partial charge in [0.05, 0.1) is 25.7 Å². The molecule has 0 aliphatic rings. The first-order valence-corrected chi connectivity index (χ1v) is 6.31. The SMILES string of the molecule is C[S+](C)[O-].OCCSCCO. The monoisotopic (exact) mass is 200 g/mol. The molecule has 0 rings (SSSR count). The predicted octanol–water partition coefficient (Wildman–Crippen LogP) is -0.301. The van der Waals surface area contributed by atoms with Gasteiger partial charge in [-0.2, -0.15) is 11.8 Å². The number of aliphatic hydroxyl groups is 2. The predicted molar refractivity (Wildman–Crippen MR) is 51.5 cm³/mol. The third-order valence-electron chi connectivity index (χ3n) is 0.471. The number of aliphatic hydroxyl groups excluding tert-OH is 2. The van der Waals surface area contributed by atoms with E-state index in [1.165, 1.54) is 0 Å². The molecular weight excluding hydrogens is 184 g/mol. The molecule has 0 aliphatic carbocycles. The van der Waals surface area contributed by atoms with E-state index >= 15 is 0 Å². The zero-order valence-corrected chi connectivity index (χ0v) is 8.58. The highest BCUT2D eigenvalue weighted by molar-refractivity contribution is 7.99. The Labute approximate surface area is 75.4 Å². The van der Waals surface area contributed by atoms with Crippen molar-refractivity contribution in [1.29, 1.82) is 0 Å². The van der Waals surface area contributed by atoms with Gasteiger partial charge in [-0.25, -0.2) is 0 Å². The highest BCUT2D eigenvalue weighted by atomic mass is 32.2. The molecule has 0 saturated carbocycles. The highest BCUT2D eigenvalue weighted by Gasteiger charge is 1.81. The Morgan fingerprint density at radius 3 is 1.64 bits per heavy atom. The van der Waals surface area contributed by atoms with Crippen LogP contribution in [0.1, 0.15) is 0 Å². The van der Waals surface area contributed by atoms with Gasteiger partial charge >= 0.3 is 0 Å². The van der Waals surface area contributed by atoms with Crippen LogP contribution in [0.15, 0.2) is 0 Å². The summed E-state index contributed by atoms with van der Waals surface area (Å²) in [5.74, 6) is 1.47. The van der Waals surface area contributed by atoms with Crippen LogP contribution in [0.5, 0.6) is 0 Å². The van der Waals surface area contributed by atoms with Crippen LogP contribution in [0.3, 0.4) is 0 Å². The van der Waals surface area contributed by atoms with E-state index in [1.54, 1.807) is 24.3 Å². The van der Waals surface area contributed by atoms with Crippen LogP contribution >= 0.6 is 11.8 Å². The van der Waals surface area contributed by atoms with Gasteiger partial charge in [-0.15, -0.1) is 0 Å². The lowest BCUT2D eigenvalue weighted by molar-refractivity contribution is 0.318. The molecule has 0 bridgehead atoms. The molecular formula is C6H16O3S2. The Morgan fingerprint density at radius 2 is 1.45 bits per heavy atom. The quantitative estimate of drug-likeness (QED) is 0.483. The minimum Gasteiger partial charge on any atom is -0.617 e. The van der Waals surface area contributed by atoms with Crippen LogP contribution < -0.4 is 0 Å². The Hall–Kier alpha value is 0.580. The Morgan fingerprint density at radius 1 is 1.18 bits per heavy atom. The summed E-state index contributed by atoms with van der Waals surface area (Å²) in [6, 6.07) is 0. The van der Waals surface area contributed by atoms with Crippen LogP contribution in [0, 0.1) is 0 Å². The van der Waals surface area contributed by atoms with Crippen LogP contribution in [-0.2, 0) is 11.2 Å². The van der Waals surface area contributed by atoms with Crippen molar-refractivity contribution in [2.24, 2.45) is 0 Å². The molecule has 0 amide bonds. The molecule has 0 radical (unpaired) electrons. The van der Waals surface area contributed by atoms with Crippen molar-refractivity contribution in [3.05, 3.63) is 0 Å². The van der Waals surface area contributed by atoms with E-state index in [9.17, 15) is 4.55 Å². The summed E-state index contributed by atoms with van der Waals surface area (Å²) in [7, 11) is 0. The van der Waals surface area contributed by atoms with Gasteiger partial charge in [-0.1, -0.05) is 11.2 Å². The second-order valence-corrected chi connectivity index (χ2v) is 4.51. The second kappa shape index (κ2) is 13.2. The molecule has 0 saturated heterocycles. The molecule has 0 aliphatic heterocycles. The van der Waals surface area contributed by atoms with E-state index in [1.807, 2.05) is 0 Å². The molecule has 0 aromatic carbocycles. The van der Waals surface area contributed by atoms with Crippen molar-refractivity contribution < 1.29 is 14.8 Å². The summed E-state index contributed by atoms with van der Waals surface area (Å²) >= 11 is 0.942. The molecule has 5 heteroatoms. The first-order valence-electron chi connectivity index (χ1n) is 3.19. The molecule has 11 heavy (non-hydrogen) atoms. The lowest BCUT2D eigenvalue weighted by Gasteiger charge is -1.90. The maximum atomic E-state index is 9.56. The smallest absolute Gasteiger partial charge is 0.0946 e. The zero-order chi connectivity index (χ0) is 9.11. The number of rotatable bonds is 4. The Balaban J connectivity index is 0. The molecule has 0 aromatic rings. The molecule has 0 fully saturated rings. The minimum absolute atomic E-state index is 0.213. The summed E-state index contributed by atoms with van der Waals surface area (Å²) in [4.78, 5) is 0. The summed E-state index contributed by atoms with van der Waals surface area (Å²) in [6.07, 6.45) is 3.28. The van der Waals surface area contributed by atoms with Gasteiger partial charge in [0.2, 0.25) is 0 Å². The molecule has 0 aromatic heterocycles. The zero-order valence-electron chi connectivity index (χ0n) is 6.95. The number of hydrogen-bond donors (Lipinski definition) is 2. The molecule has 2 N–H and O–H groups in total. The Kier molecular flexibility index (Phi) is 16.9. The molecule has 0 unspecified atom stereocenters. The van der Waals surface area contributed by atoms with Gasteiger partial charge in [0.15, 0.2) is 0 Å². The van der Waals surface area contributed by atoms with Crippen molar-refractivity contribution in [3.8, 4) is 0 Å². The fourth-order valence-corrected chi connectivity index (χ4v) is 0.693. The lowest BCUT2D eigenvalue weighted by atomic mass is 10.9. The lowest BCUT2D eigenvalue weighted by Crippen LogP contribution is -1.91. The number of hydrogen-bond acceptors (Lipinski definition) is 4. The fourth-order valence-electron chi connectivity index (χ4n) is 0.231. The normalized spacial score (nSPS) is 9.27. The van der Waals surface area contributed by atoms with Crippen molar-refractivity contribution in [2.75, 3.05) is 37.2 Å². The third-order valence-corrected chi connectivity index (χ3v) is 1.41. The topological polar surface area (TPSA) is 63.5 Å². The van der Waals surface area contributed by atoms with Crippen molar-refractivity contribution in [2.45, 2.75) is 0 Å². The van der Waals surface area contributed by atoms with Crippen molar-refractivity contribution in [3.63, 3.8) is 0 Å². The van der Waals surface area contributed by atoms with Crippen LogP contribution in [0.2, 0.25) is 0 Å².